The van der Waals surface area contributed by atoms with Crippen LogP contribution >= 0.6 is 0 Å². The molecule has 0 saturated carbocycles. The van der Waals surface area contributed by atoms with Gasteiger partial charge in [-0.15, -0.1) is 0 Å². The molecule has 3 aromatic heterocycles. The molecule has 37 heavy (non-hydrogen) atoms. The molecule has 1 aromatic carbocycles. The van der Waals surface area contributed by atoms with Gasteiger partial charge in [0.2, 0.25) is 11.9 Å². The second-order valence-electron chi connectivity index (χ2n) is 9.59. The Bertz CT molecular complexity index is 1460. The number of aryl methyl sites for hydroxylation is 1. The second kappa shape index (κ2) is 9.77. The molecule has 4 aromatic rings. The van der Waals surface area contributed by atoms with Crippen molar-refractivity contribution in [1.82, 2.24) is 34.7 Å². The normalized spacial score (nSPS) is 15.3. The molecule has 5 rings (SSSR count). The van der Waals surface area contributed by atoms with Gasteiger partial charge in [0.1, 0.15) is 17.2 Å². The molecule has 4 heterocycles. The molecule has 4 N–H and O–H groups in total. The van der Waals surface area contributed by atoms with Crippen LogP contribution in [0.3, 0.4) is 0 Å². The number of aromatic amines is 1. The van der Waals surface area contributed by atoms with Crippen molar-refractivity contribution in [3.05, 3.63) is 41.5 Å². The molecule has 0 spiro atoms. The van der Waals surface area contributed by atoms with Crippen molar-refractivity contribution < 1.29 is 9.18 Å². The van der Waals surface area contributed by atoms with Crippen LogP contribution in [0.2, 0.25) is 0 Å². The largest absolute Gasteiger partial charge is 0.368 e. The molecule has 11 nitrogen and oxygen atoms in total. The molecule has 1 aliphatic rings. The number of likely N-dealkylation sites (N-methyl/N-ethyl adjacent to an activating group) is 1. The van der Waals surface area contributed by atoms with Crippen LogP contribution in [0, 0.1) is 12.7 Å². The standard InChI is InChI=1S/C25H31FN10O/c1-14-18(26)6-5-16-11-17(15(2)30-23-21-22(29-13-28-21)32-25(27)33-23)24(31-20(14)16)36-9-7-35(8-10-36)12-19(37)34(3)4/h5-6,11,13,15H,7-10,12H2,1-4H3,(H4,27,28,29,30,32,33)/t15-/m0/s1. The number of anilines is 3. The Morgan fingerprint density at radius 3 is 2.70 bits per heavy atom. The lowest BCUT2D eigenvalue weighted by molar-refractivity contribution is -0.129. The molecular formula is C25H31FN10O. The summed E-state index contributed by atoms with van der Waals surface area (Å²) in [6.07, 6.45) is 1.55. The van der Waals surface area contributed by atoms with E-state index in [2.05, 4.69) is 41.1 Å². The predicted molar refractivity (Wildman–Crippen MR) is 142 cm³/mol. The first-order valence-electron chi connectivity index (χ1n) is 12.2. The van der Waals surface area contributed by atoms with Crippen LogP contribution < -0.4 is 16.0 Å². The van der Waals surface area contributed by atoms with Crippen LogP contribution in [-0.2, 0) is 4.79 Å². The van der Waals surface area contributed by atoms with E-state index in [-0.39, 0.29) is 23.7 Å². The summed E-state index contributed by atoms with van der Waals surface area (Å²) in [6, 6.07) is 5.07. The monoisotopic (exact) mass is 506 g/mol. The minimum atomic E-state index is -0.282. The molecule has 1 saturated heterocycles. The minimum Gasteiger partial charge on any atom is -0.368 e. The molecule has 1 amide bonds. The van der Waals surface area contributed by atoms with Gasteiger partial charge in [0.15, 0.2) is 11.5 Å². The molecular weight excluding hydrogens is 475 g/mol. The number of nitrogen functional groups attached to an aromatic ring is 1. The fourth-order valence-electron chi connectivity index (χ4n) is 4.62. The zero-order valence-corrected chi connectivity index (χ0v) is 21.4. The number of piperazine rings is 1. The molecule has 194 valence electrons. The number of amides is 1. The van der Waals surface area contributed by atoms with Gasteiger partial charge < -0.3 is 25.8 Å². The van der Waals surface area contributed by atoms with Gasteiger partial charge in [0.05, 0.1) is 24.4 Å². The number of carbonyl (C=O) groups excluding carboxylic acids is 1. The molecule has 1 aliphatic heterocycles. The van der Waals surface area contributed by atoms with Crippen molar-refractivity contribution >= 4 is 45.6 Å². The van der Waals surface area contributed by atoms with E-state index in [4.69, 9.17) is 10.7 Å². The van der Waals surface area contributed by atoms with Crippen LogP contribution in [-0.4, -0.2) is 87.4 Å². The van der Waals surface area contributed by atoms with E-state index in [0.717, 1.165) is 29.9 Å². The highest BCUT2D eigenvalue weighted by Gasteiger charge is 2.25. The number of aromatic nitrogens is 5. The highest BCUT2D eigenvalue weighted by Crippen LogP contribution is 2.33. The summed E-state index contributed by atoms with van der Waals surface area (Å²) >= 11 is 0. The number of hydrogen-bond donors (Lipinski definition) is 3. The fraction of sp³-hybridized carbons (Fsp3) is 0.400. The molecule has 12 heteroatoms. The summed E-state index contributed by atoms with van der Waals surface area (Å²) in [7, 11) is 3.53. The summed E-state index contributed by atoms with van der Waals surface area (Å²) in [5.74, 6) is 1.25. The average molecular weight is 507 g/mol. The number of pyridine rings is 1. The number of nitrogens with two attached hydrogens (primary N) is 1. The van der Waals surface area contributed by atoms with Crippen LogP contribution in [0.25, 0.3) is 22.1 Å². The van der Waals surface area contributed by atoms with Crippen LogP contribution in [0.15, 0.2) is 24.5 Å². The number of H-pyrrole nitrogens is 1. The lowest BCUT2D eigenvalue weighted by atomic mass is 10.0. The van der Waals surface area contributed by atoms with Gasteiger partial charge in [-0.2, -0.15) is 9.97 Å². The first-order valence-corrected chi connectivity index (χ1v) is 12.2. The fourth-order valence-corrected chi connectivity index (χ4v) is 4.62. The number of hydrogen-bond acceptors (Lipinski definition) is 9. The van der Waals surface area contributed by atoms with Crippen molar-refractivity contribution in [3.63, 3.8) is 0 Å². The number of halogens is 1. The Morgan fingerprint density at radius 2 is 1.97 bits per heavy atom. The van der Waals surface area contributed by atoms with Gasteiger partial charge in [-0.3, -0.25) is 9.69 Å². The number of nitrogens with one attached hydrogen (secondary N) is 2. The topological polar surface area (TPSA) is 132 Å². The van der Waals surface area contributed by atoms with E-state index in [9.17, 15) is 9.18 Å². The van der Waals surface area contributed by atoms with Crippen molar-refractivity contribution in [3.8, 4) is 0 Å². The first kappa shape index (κ1) is 24.6. The van der Waals surface area contributed by atoms with E-state index in [1.807, 2.05) is 6.92 Å². The highest BCUT2D eigenvalue weighted by atomic mass is 19.1. The number of imidazole rings is 1. The first-order chi connectivity index (χ1) is 17.7. The maximum atomic E-state index is 14.4. The Balaban J connectivity index is 1.49. The molecule has 1 fully saturated rings. The molecule has 0 unspecified atom stereocenters. The molecule has 0 aliphatic carbocycles. The average Bonchev–Trinajstić information content (AvgIpc) is 3.35. The number of carbonyl (C=O) groups is 1. The van der Waals surface area contributed by atoms with Gasteiger partial charge in [-0.25, -0.2) is 14.4 Å². The van der Waals surface area contributed by atoms with Crippen LogP contribution in [0.1, 0.15) is 24.1 Å². The summed E-state index contributed by atoms with van der Waals surface area (Å²) in [5, 5.41) is 4.30. The number of nitrogens with zero attached hydrogens (tertiary/aromatic N) is 7. The predicted octanol–water partition coefficient (Wildman–Crippen LogP) is 2.31. The van der Waals surface area contributed by atoms with Gasteiger partial charge in [0.25, 0.3) is 0 Å². The number of rotatable bonds is 6. The second-order valence-corrected chi connectivity index (χ2v) is 9.59. The third kappa shape index (κ3) is 4.84. The van der Waals surface area contributed by atoms with E-state index in [1.165, 1.54) is 6.07 Å². The Labute approximate surface area is 213 Å². The molecule has 0 radical (unpaired) electrons. The lowest BCUT2D eigenvalue weighted by Gasteiger charge is -2.37. The maximum absolute atomic E-state index is 14.4. The van der Waals surface area contributed by atoms with Crippen LogP contribution in [0.4, 0.5) is 22.0 Å². The van der Waals surface area contributed by atoms with Crippen LogP contribution in [0.5, 0.6) is 0 Å². The smallest absolute Gasteiger partial charge is 0.236 e. The van der Waals surface area contributed by atoms with E-state index in [1.54, 1.807) is 38.3 Å². The lowest BCUT2D eigenvalue weighted by Crippen LogP contribution is -2.49. The molecule has 0 bridgehead atoms. The SMILES string of the molecule is Cc1c(F)ccc2cc([C@H](C)Nc3nc(N)nc4nc[nH]c34)c(N3CCN(CC(=O)N(C)C)CC3)nc12. The Hall–Kier alpha value is -4.06. The minimum absolute atomic E-state index is 0.0798. The Morgan fingerprint density at radius 1 is 1.22 bits per heavy atom. The van der Waals surface area contributed by atoms with Gasteiger partial charge in [-0.05, 0) is 32.0 Å². The number of benzene rings is 1. The Kier molecular flexibility index (Phi) is 6.50. The zero-order valence-electron chi connectivity index (χ0n) is 21.4. The van der Waals surface area contributed by atoms with E-state index >= 15 is 0 Å². The molecule has 1 atom stereocenters. The highest BCUT2D eigenvalue weighted by molar-refractivity contribution is 5.86. The summed E-state index contributed by atoms with van der Waals surface area (Å²) in [4.78, 5) is 38.9. The third-order valence-electron chi connectivity index (χ3n) is 6.84. The van der Waals surface area contributed by atoms with E-state index < -0.39 is 0 Å². The van der Waals surface area contributed by atoms with Crippen molar-refractivity contribution in [2.24, 2.45) is 0 Å². The van der Waals surface area contributed by atoms with Crippen molar-refractivity contribution in [1.29, 1.82) is 0 Å². The quantitative estimate of drug-likeness (QED) is 0.360. The van der Waals surface area contributed by atoms with E-state index in [0.29, 0.717) is 47.7 Å². The van der Waals surface area contributed by atoms with Crippen molar-refractivity contribution in [2.75, 3.05) is 62.8 Å². The number of fused-ring (bicyclic) bond motifs is 2. The van der Waals surface area contributed by atoms with Crippen molar-refractivity contribution in [2.45, 2.75) is 19.9 Å². The maximum Gasteiger partial charge on any atom is 0.236 e. The van der Waals surface area contributed by atoms with Gasteiger partial charge in [0, 0.05) is 56.8 Å². The summed E-state index contributed by atoms with van der Waals surface area (Å²) in [6.45, 7) is 6.99. The summed E-state index contributed by atoms with van der Waals surface area (Å²) in [5.41, 5.74) is 9.15. The zero-order chi connectivity index (χ0) is 26.3. The summed E-state index contributed by atoms with van der Waals surface area (Å²) < 4.78 is 14.4. The van der Waals surface area contributed by atoms with Gasteiger partial charge >= 0.3 is 0 Å². The third-order valence-corrected chi connectivity index (χ3v) is 6.84. The van der Waals surface area contributed by atoms with Gasteiger partial charge in [-0.1, -0.05) is 0 Å².